The van der Waals surface area contributed by atoms with Gasteiger partial charge in [0.15, 0.2) is 5.96 Å². The molecule has 1 heterocycles. The Morgan fingerprint density at radius 2 is 1.76 bits per heavy atom. The van der Waals surface area contributed by atoms with Crippen LogP contribution in [0.15, 0.2) is 47.7 Å². The maximum absolute atomic E-state index is 11.7. The van der Waals surface area contributed by atoms with Crippen molar-refractivity contribution in [3.05, 3.63) is 53.9 Å². The normalized spacial score (nSPS) is 9.48. The summed E-state index contributed by atoms with van der Waals surface area (Å²) in [5, 5.41) is 0. The van der Waals surface area contributed by atoms with E-state index in [1.54, 1.807) is 17.8 Å². The highest BCUT2D eigenvalue weighted by molar-refractivity contribution is 7.97. The summed E-state index contributed by atoms with van der Waals surface area (Å²) >= 11 is 1.75. The first-order valence-corrected chi connectivity index (χ1v) is 7.91. The van der Waals surface area contributed by atoms with Gasteiger partial charge in [0, 0.05) is 23.6 Å². The molecule has 0 bridgehead atoms. The number of thioether (sulfide) groups is 1. The lowest BCUT2D eigenvalue weighted by Crippen LogP contribution is -2.24. The Labute approximate surface area is 129 Å². The van der Waals surface area contributed by atoms with Gasteiger partial charge in [0.05, 0.1) is 0 Å². The molecular formula is C15H20N4OS. The molecule has 0 atom stereocenters. The number of nitrogens with two attached hydrogens (primary N) is 2. The fraction of sp³-hybridized carbons (Fsp3) is 0.200. The molecule has 6 heteroatoms. The number of rotatable bonds is 2. The molecule has 2 aromatic rings. The van der Waals surface area contributed by atoms with E-state index < -0.39 is 5.91 Å². The van der Waals surface area contributed by atoms with Crippen molar-refractivity contribution in [2.24, 2.45) is 16.5 Å². The monoisotopic (exact) mass is 304 g/mol. The standard InChI is InChI=1S/C13H14N4O.C2H6S/c1-9-8-10(17-6-2-3-7-17)4-5-11(9)12(18)16-13(14)15;1-3-2/h2-8H,1H3,(H4,14,15,16,18);1-2H3. The van der Waals surface area contributed by atoms with Gasteiger partial charge in [-0.15, -0.1) is 0 Å². The number of aliphatic imine (C=N–C) groups is 1. The molecule has 112 valence electrons. The van der Waals surface area contributed by atoms with Gasteiger partial charge in [0.25, 0.3) is 5.91 Å². The molecule has 0 aliphatic carbocycles. The van der Waals surface area contributed by atoms with Crippen molar-refractivity contribution in [3.8, 4) is 5.69 Å². The first kappa shape index (κ1) is 16.8. The molecule has 0 saturated heterocycles. The third kappa shape index (κ3) is 5.00. The maximum Gasteiger partial charge on any atom is 0.280 e. The van der Waals surface area contributed by atoms with Gasteiger partial charge in [0.2, 0.25) is 0 Å². The highest BCUT2D eigenvalue weighted by Crippen LogP contribution is 2.15. The van der Waals surface area contributed by atoms with Crippen LogP contribution in [0.1, 0.15) is 15.9 Å². The fourth-order valence-corrected chi connectivity index (χ4v) is 1.73. The van der Waals surface area contributed by atoms with Gasteiger partial charge in [-0.2, -0.15) is 16.8 Å². The second-order valence-electron chi connectivity index (χ2n) is 4.34. The second-order valence-corrected chi connectivity index (χ2v) is 5.16. The lowest BCUT2D eigenvalue weighted by molar-refractivity contribution is 0.100. The van der Waals surface area contributed by atoms with Crippen molar-refractivity contribution in [1.29, 1.82) is 0 Å². The van der Waals surface area contributed by atoms with E-state index in [1.165, 1.54) is 0 Å². The third-order valence-electron chi connectivity index (χ3n) is 2.57. The lowest BCUT2D eigenvalue weighted by atomic mass is 10.1. The lowest BCUT2D eigenvalue weighted by Gasteiger charge is -2.07. The zero-order valence-electron chi connectivity index (χ0n) is 12.4. The third-order valence-corrected chi connectivity index (χ3v) is 2.57. The van der Waals surface area contributed by atoms with Crippen LogP contribution in [0.4, 0.5) is 0 Å². The minimum atomic E-state index is -0.424. The minimum Gasteiger partial charge on any atom is -0.370 e. The average molecular weight is 304 g/mol. The van der Waals surface area contributed by atoms with E-state index >= 15 is 0 Å². The van der Waals surface area contributed by atoms with Gasteiger partial charge in [0.1, 0.15) is 0 Å². The van der Waals surface area contributed by atoms with Crippen molar-refractivity contribution in [1.82, 2.24) is 4.57 Å². The predicted molar refractivity (Wildman–Crippen MR) is 90.1 cm³/mol. The number of benzene rings is 1. The number of hydrogen-bond acceptors (Lipinski definition) is 2. The zero-order chi connectivity index (χ0) is 15.8. The molecule has 0 saturated carbocycles. The molecule has 0 aliphatic rings. The summed E-state index contributed by atoms with van der Waals surface area (Å²) in [4.78, 5) is 15.2. The molecule has 0 radical (unpaired) electrons. The van der Waals surface area contributed by atoms with Crippen molar-refractivity contribution in [2.75, 3.05) is 12.5 Å². The molecule has 0 unspecified atom stereocenters. The molecule has 1 aromatic carbocycles. The van der Waals surface area contributed by atoms with Crippen LogP contribution < -0.4 is 11.5 Å². The average Bonchev–Trinajstić information content (AvgIpc) is 2.92. The van der Waals surface area contributed by atoms with Crippen LogP contribution in [0.3, 0.4) is 0 Å². The Balaban J connectivity index is 0.000000677. The van der Waals surface area contributed by atoms with Crippen molar-refractivity contribution >= 4 is 23.6 Å². The topological polar surface area (TPSA) is 86.4 Å². The van der Waals surface area contributed by atoms with E-state index in [9.17, 15) is 4.79 Å². The number of amides is 1. The molecule has 5 nitrogen and oxygen atoms in total. The number of aromatic nitrogens is 1. The summed E-state index contributed by atoms with van der Waals surface area (Å²) in [6, 6.07) is 9.36. The predicted octanol–water partition coefficient (Wildman–Crippen LogP) is 2.18. The van der Waals surface area contributed by atoms with Crippen LogP contribution in [-0.2, 0) is 0 Å². The van der Waals surface area contributed by atoms with E-state index in [-0.39, 0.29) is 5.96 Å². The molecule has 0 spiro atoms. The Morgan fingerprint density at radius 1 is 1.19 bits per heavy atom. The van der Waals surface area contributed by atoms with Crippen LogP contribution in [0, 0.1) is 6.92 Å². The Kier molecular flexibility index (Phi) is 6.55. The number of carbonyl (C=O) groups is 1. The zero-order valence-corrected chi connectivity index (χ0v) is 13.2. The first-order valence-electron chi connectivity index (χ1n) is 6.27. The van der Waals surface area contributed by atoms with Gasteiger partial charge in [-0.25, -0.2) is 0 Å². The maximum atomic E-state index is 11.7. The van der Waals surface area contributed by atoms with Crippen molar-refractivity contribution < 1.29 is 4.79 Å². The van der Waals surface area contributed by atoms with Gasteiger partial charge in [-0.05, 0) is 55.3 Å². The fourth-order valence-electron chi connectivity index (χ4n) is 1.73. The van der Waals surface area contributed by atoms with E-state index in [0.29, 0.717) is 5.56 Å². The highest BCUT2D eigenvalue weighted by atomic mass is 32.2. The number of carbonyl (C=O) groups excluding carboxylic acids is 1. The smallest absolute Gasteiger partial charge is 0.280 e. The van der Waals surface area contributed by atoms with Crippen molar-refractivity contribution in [3.63, 3.8) is 0 Å². The molecule has 1 amide bonds. The van der Waals surface area contributed by atoms with E-state index in [0.717, 1.165) is 11.3 Å². The summed E-state index contributed by atoms with van der Waals surface area (Å²) in [5.41, 5.74) is 12.7. The Bertz CT molecular complexity index is 617. The van der Waals surface area contributed by atoms with Crippen LogP contribution in [0.25, 0.3) is 5.69 Å². The number of hydrogen-bond donors (Lipinski definition) is 2. The van der Waals surface area contributed by atoms with E-state index in [1.807, 2.05) is 60.7 Å². The first-order chi connectivity index (χ1) is 9.99. The van der Waals surface area contributed by atoms with Gasteiger partial charge in [-0.3, -0.25) is 4.79 Å². The van der Waals surface area contributed by atoms with Crippen LogP contribution in [0.5, 0.6) is 0 Å². The number of guanidine groups is 1. The summed E-state index contributed by atoms with van der Waals surface area (Å²) in [6.07, 6.45) is 7.96. The quantitative estimate of drug-likeness (QED) is 0.657. The summed E-state index contributed by atoms with van der Waals surface area (Å²) in [5.74, 6) is -0.652. The Hall–Kier alpha value is -2.21. The van der Waals surface area contributed by atoms with E-state index in [4.69, 9.17) is 11.5 Å². The number of nitrogens with zero attached hydrogens (tertiary/aromatic N) is 2. The van der Waals surface area contributed by atoms with Gasteiger partial charge >= 0.3 is 0 Å². The van der Waals surface area contributed by atoms with Crippen LogP contribution in [0.2, 0.25) is 0 Å². The summed E-state index contributed by atoms with van der Waals surface area (Å²) in [6.45, 7) is 1.85. The van der Waals surface area contributed by atoms with Crippen LogP contribution >= 0.6 is 11.8 Å². The summed E-state index contributed by atoms with van der Waals surface area (Å²) in [7, 11) is 0. The second kappa shape index (κ2) is 8.16. The minimum absolute atomic E-state index is 0.228. The molecule has 0 aliphatic heterocycles. The molecule has 21 heavy (non-hydrogen) atoms. The van der Waals surface area contributed by atoms with E-state index in [2.05, 4.69) is 4.99 Å². The molecule has 0 fully saturated rings. The van der Waals surface area contributed by atoms with Gasteiger partial charge < -0.3 is 16.0 Å². The summed E-state index contributed by atoms with van der Waals surface area (Å²) < 4.78 is 1.96. The largest absolute Gasteiger partial charge is 0.370 e. The molecule has 4 N–H and O–H groups in total. The van der Waals surface area contributed by atoms with Crippen molar-refractivity contribution in [2.45, 2.75) is 6.92 Å². The van der Waals surface area contributed by atoms with Crippen LogP contribution in [-0.4, -0.2) is 28.9 Å². The Morgan fingerprint density at radius 3 is 2.24 bits per heavy atom. The number of aryl methyl sites for hydroxylation is 1. The molecular weight excluding hydrogens is 284 g/mol. The van der Waals surface area contributed by atoms with Gasteiger partial charge in [-0.1, -0.05) is 0 Å². The molecule has 1 aromatic heterocycles. The highest BCUT2D eigenvalue weighted by Gasteiger charge is 2.09. The SMILES string of the molecule is CSC.Cc1cc(-n2cccc2)ccc1C(=O)N=C(N)N. The molecule has 2 rings (SSSR count).